The molecule has 5 nitrogen and oxygen atoms in total. The van der Waals surface area contributed by atoms with Crippen LogP contribution in [0.3, 0.4) is 0 Å². The summed E-state index contributed by atoms with van der Waals surface area (Å²) in [6.45, 7) is 1.75. The van der Waals surface area contributed by atoms with E-state index in [-0.39, 0.29) is 11.8 Å². The molecule has 1 heterocycles. The van der Waals surface area contributed by atoms with Gasteiger partial charge in [-0.25, -0.2) is 4.68 Å². The van der Waals surface area contributed by atoms with Crippen LogP contribution >= 0.6 is 11.6 Å². The zero-order valence-electron chi connectivity index (χ0n) is 6.83. The van der Waals surface area contributed by atoms with Crippen molar-refractivity contribution in [1.29, 1.82) is 0 Å². The number of aryl methyl sites for hydroxylation is 2. The maximum absolute atomic E-state index is 10.8. The molecule has 1 aromatic heterocycles. The van der Waals surface area contributed by atoms with E-state index in [9.17, 15) is 4.79 Å². The van der Waals surface area contributed by atoms with E-state index >= 15 is 0 Å². The lowest BCUT2D eigenvalue weighted by molar-refractivity contribution is -0.114. The standard InChI is InChI=1S/C6H9ClN4O/c1-4-8-6(11(2)10-4)9-5(12)3-7/h3H2,1-2H3,(H,8,9,10,12). The molecular weight excluding hydrogens is 180 g/mol. The molecule has 0 aliphatic carbocycles. The zero-order valence-corrected chi connectivity index (χ0v) is 7.59. The Morgan fingerprint density at radius 2 is 2.42 bits per heavy atom. The summed E-state index contributed by atoms with van der Waals surface area (Å²) in [7, 11) is 1.70. The van der Waals surface area contributed by atoms with Gasteiger partial charge in [0.05, 0.1) is 0 Å². The van der Waals surface area contributed by atoms with E-state index in [1.807, 2.05) is 0 Å². The Bertz CT molecular complexity index is 296. The minimum Gasteiger partial charge on any atom is -0.294 e. The highest BCUT2D eigenvalue weighted by molar-refractivity contribution is 6.28. The van der Waals surface area contributed by atoms with Gasteiger partial charge in [-0.1, -0.05) is 0 Å². The van der Waals surface area contributed by atoms with Crippen LogP contribution in [0.1, 0.15) is 5.82 Å². The van der Waals surface area contributed by atoms with Gasteiger partial charge < -0.3 is 0 Å². The number of amides is 1. The van der Waals surface area contributed by atoms with Crippen LogP contribution in [0.15, 0.2) is 0 Å². The highest BCUT2D eigenvalue weighted by Gasteiger charge is 2.06. The average Bonchev–Trinajstić information content (AvgIpc) is 2.30. The molecule has 66 valence electrons. The summed E-state index contributed by atoms with van der Waals surface area (Å²) in [6.07, 6.45) is 0. The van der Waals surface area contributed by atoms with E-state index in [2.05, 4.69) is 15.4 Å². The van der Waals surface area contributed by atoms with Crippen LogP contribution in [0, 0.1) is 6.92 Å². The monoisotopic (exact) mass is 188 g/mol. The molecule has 1 aromatic rings. The summed E-state index contributed by atoms with van der Waals surface area (Å²) >= 11 is 5.29. The van der Waals surface area contributed by atoms with Crippen molar-refractivity contribution in [2.75, 3.05) is 11.2 Å². The Morgan fingerprint density at radius 1 is 1.75 bits per heavy atom. The number of hydrogen-bond acceptors (Lipinski definition) is 3. The lowest BCUT2D eigenvalue weighted by atomic mass is 10.7. The molecule has 0 aliphatic rings. The number of aromatic nitrogens is 3. The molecule has 0 saturated carbocycles. The first kappa shape index (κ1) is 8.99. The van der Waals surface area contributed by atoms with Crippen molar-refractivity contribution in [2.24, 2.45) is 7.05 Å². The topological polar surface area (TPSA) is 59.8 Å². The third-order valence-electron chi connectivity index (χ3n) is 1.24. The molecule has 1 N–H and O–H groups in total. The van der Waals surface area contributed by atoms with Crippen molar-refractivity contribution in [3.63, 3.8) is 0 Å². The number of rotatable bonds is 2. The minimum atomic E-state index is -0.285. The largest absolute Gasteiger partial charge is 0.294 e. The SMILES string of the molecule is Cc1nc(NC(=O)CCl)n(C)n1. The van der Waals surface area contributed by atoms with Crippen LogP contribution in [-0.2, 0) is 11.8 Å². The lowest BCUT2D eigenvalue weighted by Gasteiger charge is -1.98. The maximum Gasteiger partial charge on any atom is 0.241 e. The molecule has 6 heteroatoms. The van der Waals surface area contributed by atoms with E-state index in [0.29, 0.717) is 11.8 Å². The second-order valence-corrected chi connectivity index (χ2v) is 2.56. The molecule has 0 spiro atoms. The number of hydrogen-bond donors (Lipinski definition) is 1. The molecule has 12 heavy (non-hydrogen) atoms. The van der Waals surface area contributed by atoms with Gasteiger partial charge in [0.1, 0.15) is 11.7 Å². The Morgan fingerprint density at radius 3 is 2.83 bits per heavy atom. The fourth-order valence-electron chi connectivity index (χ4n) is 0.779. The van der Waals surface area contributed by atoms with Gasteiger partial charge in [0.25, 0.3) is 0 Å². The van der Waals surface area contributed by atoms with Gasteiger partial charge in [0.15, 0.2) is 0 Å². The Kier molecular flexibility index (Phi) is 2.65. The highest BCUT2D eigenvalue weighted by Crippen LogP contribution is 2.01. The molecule has 0 aromatic carbocycles. The van der Waals surface area contributed by atoms with Crippen LogP contribution in [0.2, 0.25) is 0 Å². The molecule has 1 rings (SSSR count). The smallest absolute Gasteiger partial charge is 0.241 e. The number of carbonyl (C=O) groups excluding carboxylic acids is 1. The summed E-state index contributed by atoms with van der Waals surface area (Å²) in [4.78, 5) is 14.8. The molecule has 0 radical (unpaired) electrons. The molecule has 0 atom stereocenters. The molecule has 0 fully saturated rings. The van der Waals surface area contributed by atoms with Gasteiger partial charge >= 0.3 is 0 Å². The van der Waals surface area contributed by atoms with E-state index in [1.165, 1.54) is 4.68 Å². The first-order valence-electron chi connectivity index (χ1n) is 3.37. The molecule has 0 aliphatic heterocycles. The minimum absolute atomic E-state index is 0.0775. The van der Waals surface area contributed by atoms with Gasteiger partial charge in [-0.15, -0.1) is 11.6 Å². The molecule has 1 amide bonds. The van der Waals surface area contributed by atoms with E-state index in [1.54, 1.807) is 14.0 Å². The summed E-state index contributed by atoms with van der Waals surface area (Å²) in [5, 5.41) is 6.45. The van der Waals surface area contributed by atoms with Gasteiger partial charge in [0.2, 0.25) is 11.9 Å². The molecule has 0 unspecified atom stereocenters. The van der Waals surface area contributed by atoms with Crippen molar-refractivity contribution < 1.29 is 4.79 Å². The summed E-state index contributed by atoms with van der Waals surface area (Å²) in [5.74, 6) is 0.666. The van der Waals surface area contributed by atoms with Crippen molar-refractivity contribution in [3.05, 3.63) is 5.82 Å². The van der Waals surface area contributed by atoms with E-state index in [0.717, 1.165) is 0 Å². The zero-order chi connectivity index (χ0) is 9.14. The first-order valence-corrected chi connectivity index (χ1v) is 3.90. The lowest BCUT2D eigenvalue weighted by Crippen LogP contribution is -2.15. The first-order chi connectivity index (χ1) is 5.63. The van der Waals surface area contributed by atoms with Crippen LogP contribution < -0.4 is 5.32 Å². The van der Waals surface area contributed by atoms with Gasteiger partial charge in [0, 0.05) is 7.05 Å². The van der Waals surface area contributed by atoms with Crippen molar-refractivity contribution in [3.8, 4) is 0 Å². The number of halogens is 1. The number of nitrogens with one attached hydrogen (secondary N) is 1. The Labute approximate surface area is 74.7 Å². The fraction of sp³-hybridized carbons (Fsp3) is 0.500. The second-order valence-electron chi connectivity index (χ2n) is 2.29. The van der Waals surface area contributed by atoms with Crippen LogP contribution in [0.4, 0.5) is 5.95 Å². The number of alkyl halides is 1. The van der Waals surface area contributed by atoms with Crippen molar-refractivity contribution in [1.82, 2.24) is 14.8 Å². The van der Waals surface area contributed by atoms with Crippen molar-refractivity contribution >= 4 is 23.5 Å². The highest BCUT2D eigenvalue weighted by atomic mass is 35.5. The quantitative estimate of drug-likeness (QED) is 0.680. The van der Waals surface area contributed by atoms with E-state index in [4.69, 9.17) is 11.6 Å². The number of nitrogens with zero attached hydrogens (tertiary/aromatic N) is 3. The van der Waals surface area contributed by atoms with E-state index < -0.39 is 0 Å². The Hall–Kier alpha value is -1.10. The molecule has 0 bridgehead atoms. The average molecular weight is 189 g/mol. The number of carbonyl (C=O) groups is 1. The maximum atomic E-state index is 10.8. The summed E-state index contributed by atoms with van der Waals surface area (Å²) in [5.41, 5.74) is 0. The predicted molar refractivity (Wildman–Crippen MR) is 45.1 cm³/mol. The predicted octanol–water partition coefficient (Wildman–Crippen LogP) is 0.301. The second kappa shape index (κ2) is 3.53. The summed E-state index contributed by atoms with van der Waals surface area (Å²) < 4.78 is 1.49. The fourth-order valence-corrected chi connectivity index (χ4v) is 0.846. The third-order valence-corrected chi connectivity index (χ3v) is 1.48. The third kappa shape index (κ3) is 1.94. The van der Waals surface area contributed by atoms with Crippen molar-refractivity contribution in [2.45, 2.75) is 6.92 Å². The number of anilines is 1. The van der Waals surface area contributed by atoms with Gasteiger partial charge in [-0.2, -0.15) is 10.1 Å². The van der Waals surface area contributed by atoms with Crippen LogP contribution in [0.25, 0.3) is 0 Å². The van der Waals surface area contributed by atoms with Crippen LogP contribution in [-0.4, -0.2) is 26.6 Å². The normalized spacial score (nSPS) is 9.92. The molecular formula is C6H9ClN4O. The van der Waals surface area contributed by atoms with Crippen LogP contribution in [0.5, 0.6) is 0 Å². The van der Waals surface area contributed by atoms with Gasteiger partial charge in [-0.05, 0) is 6.92 Å². The Balaban J connectivity index is 2.75. The molecule has 0 saturated heterocycles. The summed E-state index contributed by atoms with van der Waals surface area (Å²) in [6, 6.07) is 0. The van der Waals surface area contributed by atoms with Gasteiger partial charge in [-0.3, -0.25) is 10.1 Å².